The molecule has 0 saturated heterocycles. The van der Waals surface area contributed by atoms with E-state index in [1.165, 1.54) is 35.6 Å². The Morgan fingerprint density at radius 2 is 2.07 bits per heavy atom. The third-order valence-electron chi connectivity index (χ3n) is 4.81. The van der Waals surface area contributed by atoms with Crippen molar-refractivity contribution in [2.24, 2.45) is 0 Å². The molecule has 0 aliphatic heterocycles. The SMILES string of the molecule is CCCOC(=O)c1c(NC(=O)/C=C/c2cccc([N+](=O)[O-])c2)sc2c1CCCCC2. The number of anilines is 1. The summed E-state index contributed by atoms with van der Waals surface area (Å²) in [6.07, 6.45) is 8.45. The number of hydrogen-bond donors (Lipinski definition) is 1. The number of hydrogen-bond acceptors (Lipinski definition) is 6. The van der Waals surface area contributed by atoms with E-state index < -0.39 is 16.8 Å². The number of amides is 1. The maximum atomic E-state index is 12.7. The van der Waals surface area contributed by atoms with Crippen LogP contribution in [0, 0.1) is 10.1 Å². The molecule has 1 aliphatic rings. The molecule has 0 radical (unpaired) electrons. The van der Waals surface area contributed by atoms with Crippen molar-refractivity contribution in [2.75, 3.05) is 11.9 Å². The molecule has 1 heterocycles. The van der Waals surface area contributed by atoms with Gasteiger partial charge in [0.25, 0.3) is 5.69 Å². The predicted octanol–water partition coefficient (Wildman–Crippen LogP) is 5.14. The molecule has 0 spiro atoms. The number of esters is 1. The zero-order valence-electron chi connectivity index (χ0n) is 16.8. The number of nitrogens with one attached hydrogen (secondary N) is 1. The van der Waals surface area contributed by atoms with Gasteiger partial charge in [0.1, 0.15) is 5.00 Å². The van der Waals surface area contributed by atoms with Gasteiger partial charge >= 0.3 is 5.97 Å². The van der Waals surface area contributed by atoms with Crippen LogP contribution in [-0.4, -0.2) is 23.4 Å². The normalized spacial score (nSPS) is 13.5. The molecule has 1 aliphatic carbocycles. The van der Waals surface area contributed by atoms with Crippen molar-refractivity contribution in [3.05, 3.63) is 62.0 Å². The molecule has 1 amide bonds. The molecule has 158 valence electrons. The summed E-state index contributed by atoms with van der Waals surface area (Å²) in [6, 6.07) is 6.03. The minimum atomic E-state index is -0.482. The van der Waals surface area contributed by atoms with Gasteiger partial charge in [0.15, 0.2) is 0 Å². The molecule has 3 rings (SSSR count). The van der Waals surface area contributed by atoms with Gasteiger partial charge in [-0.3, -0.25) is 14.9 Å². The highest BCUT2D eigenvalue weighted by atomic mass is 32.1. The van der Waals surface area contributed by atoms with Crippen LogP contribution in [0.25, 0.3) is 6.08 Å². The van der Waals surface area contributed by atoms with Crippen molar-refractivity contribution in [2.45, 2.75) is 45.4 Å². The van der Waals surface area contributed by atoms with Gasteiger partial charge in [-0.25, -0.2) is 4.79 Å². The monoisotopic (exact) mass is 428 g/mol. The van der Waals surface area contributed by atoms with Gasteiger partial charge in [0, 0.05) is 23.1 Å². The Kier molecular flexibility index (Phi) is 7.35. The van der Waals surface area contributed by atoms with E-state index in [2.05, 4.69) is 5.32 Å². The van der Waals surface area contributed by atoms with Crippen LogP contribution >= 0.6 is 11.3 Å². The van der Waals surface area contributed by atoms with E-state index in [9.17, 15) is 19.7 Å². The number of nitro benzene ring substituents is 1. The number of nitro groups is 1. The molecule has 30 heavy (non-hydrogen) atoms. The van der Waals surface area contributed by atoms with Gasteiger partial charge in [-0.15, -0.1) is 11.3 Å². The molecule has 7 nitrogen and oxygen atoms in total. The van der Waals surface area contributed by atoms with Crippen molar-refractivity contribution < 1.29 is 19.2 Å². The standard InChI is InChI=1S/C22H24N2O5S/c1-2-13-29-22(26)20-17-9-4-3-5-10-18(17)30-21(20)23-19(25)12-11-15-7-6-8-16(14-15)24(27)28/h6-8,11-12,14H,2-5,9-10,13H2,1H3,(H,23,25)/b12-11+. The second kappa shape index (κ2) is 10.2. The summed E-state index contributed by atoms with van der Waals surface area (Å²) in [6.45, 7) is 2.27. The van der Waals surface area contributed by atoms with E-state index in [0.717, 1.165) is 49.0 Å². The number of nitrogens with zero attached hydrogens (tertiary/aromatic N) is 1. The first-order valence-corrected chi connectivity index (χ1v) is 10.9. The third-order valence-corrected chi connectivity index (χ3v) is 6.01. The minimum Gasteiger partial charge on any atom is -0.462 e. The molecule has 1 N–H and O–H groups in total. The Morgan fingerprint density at radius 1 is 1.27 bits per heavy atom. The molecule has 8 heteroatoms. The molecule has 1 aromatic carbocycles. The second-order valence-corrected chi connectivity index (χ2v) is 8.18. The van der Waals surface area contributed by atoms with Crippen LogP contribution in [0.2, 0.25) is 0 Å². The summed E-state index contributed by atoms with van der Waals surface area (Å²) >= 11 is 1.44. The molecule has 0 unspecified atom stereocenters. The molecule has 0 saturated carbocycles. The molecular formula is C22H24N2O5S. The van der Waals surface area contributed by atoms with Gasteiger partial charge in [-0.1, -0.05) is 25.5 Å². The number of benzene rings is 1. The van der Waals surface area contributed by atoms with E-state index in [0.29, 0.717) is 22.7 Å². The molecule has 1 aromatic heterocycles. The van der Waals surface area contributed by atoms with Crippen LogP contribution in [0.3, 0.4) is 0 Å². The number of fused-ring (bicyclic) bond motifs is 1. The fourth-order valence-corrected chi connectivity index (χ4v) is 4.66. The van der Waals surface area contributed by atoms with Gasteiger partial charge in [0.2, 0.25) is 5.91 Å². The summed E-state index contributed by atoms with van der Waals surface area (Å²) in [5, 5.41) is 14.2. The average Bonchev–Trinajstić information content (AvgIpc) is 2.91. The van der Waals surface area contributed by atoms with E-state index >= 15 is 0 Å². The molecule has 2 aromatic rings. The zero-order valence-corrected chi connectivity index (χ0v) is 17.6. The maximum Gasteiger partial charge on any atom is 0.341 e. The first kappa shape index (κ1) is 21.7. The number of rotatable bonds is 7. The number of aryl methyl sites for hydroxylation is 1. The first-order chi connectivity index (χ1) is 14.5. The van der Waals surface area contributed by atoms with Crippen molar-refractivity contribution in [1.82, 2.24) is 0 Å². The average molecular weight is 429 g/mol. The zero-order chi connectivity index (χ0) is 21.5. The quantitative estimate of drug-likeness (QED) is 0.216. The Hall–Kier alpha value is -3.00. The van der Waals surface area contributed by atoms with Crippen LogP contribution in [-0.2, 0) is 22.4 Å². The highest BCUT2D eigenvalue weighted by Gasteiger charge is 2.26. The van der Waals surface area contributed by atoms with E-state index in [1.807, 2.05) is 6.92 Å². The summed E-state index contributed by atoms with van der Waals surface area (Å²) in [5.41, 5.74) is 1.98. The van der Waals surface area contributed by atoms with Crippen molar-refractivity contribution in [3.8, 4) is 0 Å². The van der Waals surface area contributed by atoms with Gasteiger partial charge < -0.3 is 10.1 Å². The molecule has 0 bridgehead atoms. The second-order valence-electron chi connectivity index (χ2n) is 7.08. The van der Waals surface area contributed by atoms with Gasteiger partial charge in [0.05, 0.1) is 17.1 Å². The maximum absolute atomic E-state index is 12.7. The van der Waals surface area contributed by atoms with E-state index in [1.54, 1.807) is 12.1 Å². The van der Waals surface area contributed by atoms with Gasteiger partial charge in [-0.05, 0) is 49.3 Å². The highest BCUT2D eigenvalue weighted by Crippen LogP contribution is 2.38. The Morgan fingerprint density at radius 3 is 2.83 bits per heavy atom. The summed E-state index contributed by atoms with van der Waals surface area (Å²) in [4.78, 5) is 36.7. The van der Waals surface area contributed by atoms with Crippen LogP contribution < -0.4 is 5.32 Å². The molecular weight excluding hydrogens is 404 g/mol. The number of carbonyl (C=O) groups excluding carboxylic acids is 2. The smallest absolute Gasteiger partial charge is 0.341 e. The number of ether oxygens (including phenoxy) is 1. The lowest BCUT2D eigenvalue weighted by molar-refractivity contribution is -0.384. The number of carbonyl (C=O) groups is 2. The largest absolute Gasteiger partial charge is 0.462 e. The molecule has 0 fully saturated rings. The minimum absolute atomic E-state index is 0.0412. The van der Waals surface area contributed by atoms with Crippen LogP contribution in [0.1, 0.15) is 59.0 Å². The van der Waals surface area contributed by atoms with E-state index in [4.69, 9.17) is 4.74 Å². The first-order valence-electron chi connectivity index (χ1n) is 10.0. The predicted molar refractivity (Wildman–Crippen MR) is 117 cm³/mol. The van der Waals surface area contributed by atoms with Crippen molar-refractivity contribution >= 4 is 40.0 Å². The highest BCUT2D eigenvalue weighted by molar-refractivity contribution is 7.17. The number of thiophene rings is 1. The Balaban J connectivity index is 1.81. The fraction of sp³-hybridized carbons (Fsp3) is 0.364. The number of non-ortho nitro benzene ring substituents is 1. The summed E-state index contributed by atoms with van der Waals surface area (Å²) in [7, 11) is 0. The lowest BCUT2D eigenvalue weighted by Crippen LogP contribution is -2.13. The summed E-state index contributed by atoms with van der Waals surface area (Å²) < 4.78 is 5.36. The fourth-order valence-electron chi connectivity index (χ4n) is 3.38. The van der Waals surface area contributed by atoms with Gasteiger partial charge in [-0.2, -0.15) is 0 Å². The lowest BCUT2D eigenvalue weighted by atomic mass is 10.1. The topological polar surface area (TPSA) is 98.5 Å². The third kappa shape index (κ3) is 5.33. The van der Waals surface area contributed by atoms with Crippen LogP contribution in [0.4, 0.5) is 10.7 Å². The lowest BCUT2D eigenvalue weighted by Gasteiger charge is -2.08. The molecule has 0 atom stereocenters. The van der Waals surface area contributed by atoms with E-state index in [-0.39, 0.29) is 5.69 Å². The van der Waals surface area contributed by atoms with Crippen LogP contribution in [0.5, 0.6) is 0 Å². The van der Waals surface area contributed by atoms with Crippen LogP contribution in [0.15, 0.2) is 30.3 Å². The Labute approximate surface area is 178 Å². The van der Waals surface area contributed by atoms with Crippen molar-refractivity contribution in [3.63, 3.8) is 0 Å². The Bertz CT molecular complexity index is 980. The summed E-state index contributed by atoms with van der Waals surface area (Å²) in [5.74, 6) is -0.795. The van der Waals surface area contributed by atoms with Crippen molar-refractivity contribution in [1.29, 1.82) is 0 Å².